The van der Waals surface area contributed by atoms with Gasteiger partial charge in [-0.25, -0.2) is 0 Å². The predicted molar refractivity (Wildman–Crippen MR) is 83.1 cm³/mol. The van der Waals surface area contributed by atoms with Gasteiger partial charge in [-0.3, -0.25) is 9.59 Å². The zero-order valence-corrected chi connectivity index (χ0v) is 13.2. The lowest BCUT2D eigenvalue weighted by Crippen LogP contribution is -2.53. The minimum Gasteiger partial charge on any atom is -0.382 e. The number of nitrogens with zero attached hydrogens (tertiary/aromatic N) is 2. The molecule has 0 aliphatic carbocycles. The number of halogens is 1. The number of ether oxygens (including phenoxy) is 2. The van der Waals surface area contributed by atoms with Crippen LogP contribution in [0.5, 0.6) is 0 Å². The first-order valence-electron chi connectivity index (χ1n) is 7.02. The van der Waals surface area contributed by atoms with Gasteiger partial charge in [-0.2, -0.15) is 0 Å². The molecule has 1 fully saturated rings. The zero-order chi connectivity index (χ0) is 15.9. The summed E-state index contributed by atoms with van der Waals surface area (Å²) in [5.41, 5.74) is 0.751. The molecule has 1 aliphatic rings. The van der Waals surface area contributed by atoms with Gasteiger partial charge >= 0.3 is 0 Å². The van der Waals surface area contributed by atoms with Gasteiger partial charge in [-0.05, 0) is 18.2 Å². The average molecular weight is 327 g/mol. The van der Waals surface area contributed by atoms with Crippen LogP contribution in [0.3, 0.4) is 0 Å². The van der Waals surface area contributed by atoms with Crippen LogP contribution in [0.4, 0.5) is 5.69 Å². The Morgan fingerprint density at radius 1 is 1.32 bits per heavy atom. The van der Waals surface area contributed by atoms with E-state index in [1.54, 1.807) is 30.2 Å². The number of rotatable bonds is 6. The smallest absolute Gasteiger partial charge is 0.249 e. The average Bonchev–Trinajstić information content (AvgIpc) is 2.51. The number of carbonyl (C=O) groups excluding carboxylic acids is 2. The molecule has 0 unspecified atom stereocenters. The van der Waals surface area contributed by atoms with Crippen molar-refractivity contribution < 1.29 is 19.1 Å². The molecule has 1 heterocycles. The maximum Gasteiger partial charge on any atom is 0.249 e. The number of amides is 2. The number of piperazine rings is 1. The second-order valence-electron chi connectivity index (χ2n) is 4.89. The van der Waals surface area contributed by atoms with E-state index in [4.69, 9.17) is 21.1 Å². The molecule has 0 bridgehead atoms. The minimum atomic E-state index is -0.185. The first kappa shape index (κ1) is 16.7. The second kappa shape index (κ2) is 8.12. The first-order valence-corrected chi connectivity index (χ1v) is 7.40. The largest absolute Gasteiger partial charge is 0.382 e. The molecule has 6 nitrogen and oxygen atoms in total. The van der Waals surface area contributed by atoms with Gasteiger partial charge in [0.1, 0.15) is 13.2 Å². The third-order valence-corrected chi connectivity index (χ3v) is 3.59. The van der Waals surface area contributed by atoms with Crippen molar-refractivity contribution in [1.82, 2.24) is 4.90 Å². The topological polar surface area (TPSA) is 59.1 Å². The highest BCUT2D eigenvalue weighted by Gasteiger charge is 2.27. The fourth-order valence-corrected chi connectivity index (χ4v) is 2.38. The van der Waals surface area contributed by atoms with Crippen molar-refractivity contribution in [1.29, 1.82) is 0 Å². The van der Waals surface area contributed by atoms with Crippen LogP contribution in [0.15, 0.2) is 24.3 Å². The molecule has 1 aliphatic heterocycles. The minimum absolute atomic E-state index is 0.0339. The predicted octanol–water partition coefficient (Wildman–Crippen LogP) is 1.18. The van der Waals surface area contributed by atoms with Crippen molar-refractivity contribution in [2.75, 3.05) is 51.5 Å². The Bertz CT molecular complexity index is 538. The second-order valence-corrected chi connectivity index (χ2v) is 5.32. The van der Waals surface area contributed by atoms with E-state index in [1.165, 1.54) is 4.90 Å². The lowest BCUT2D eigenvalue weighted by atomic mass is 10.2. The van der Waals surface area contributed by atoms with Crippen molar-refractivity contribution in [2.24, 2.45) is 0 Å². The molecular formula is C15H19ClN2O4. The van der Waals surface area contributed by atoms with Crippen LogP contribution in [0.2, 0.25) is 5.02 Å². The summed E-state index contributed by atoms with van der Waals surface area (Å²) in [5.74, 6) is -0.311. The van der Waals surface area contributed by atoms with E-state index in [-0.39, 0.29) is 25.0 Å². The number of hydrogen-bond acceptors (Lipinski definition) is 4. The summed E-state index contributed by atoms with van der Waals surface area (Å²) in [5, 5.41) is 0.579. The normalized spacial score (nSPS) is 15.3. The molecule has 1 aromatic carbocycles. The molecule has 0 N–H and O–H groups in total. The standard InChI is InChI=1S/C15H19ClN2O4/c1-21-7-8-22-11-15(20)17-5-6-18(14(19)10-17)13-4-2-3-12(16)9-13/h2-4,9H,5-8,10-11H2,1H3. The Hall–Kier alpha value is -1.63. The Morgan fingerprint density at radius 2 is 2.14 bits per heavy atom. The van der Waals surface area contributed by atoms with Crippen molar-refractivity contribution in [3.05, 3.63) is 29.3 Å². The molecule has 0 aromatic heterocycles. The summed E-state index contributed by atoms with van der Waals surface area (Å²) in [6, 6.07) is 7.12. The van der Waals surface area contributed by atoms with Crippen molar-refractivity contribution in [2.45, 2.75) is 0 Å². The van der Waals surface area contributed by atoms with Crippen molar-refractivity contribution in [3.63, 3.8) is 0 Å². The van der Waals surface area contributed by atoms with Gasteiger partial charge in [-0.1, -0.05) is 17.7 Å². The van der Waals surface area contributed by atoms with Crippen LogP contribution in [0.25, 0.3) is 0 Å². The molecule has 1 saturated heterocycles. The van der Waals surface area contributed by atoms with E-state index >= 15 is 0 Å². The van der Waals surface area contributed by atoms with Crippen LogP contribution in [-0.4, -0.2) is 63.3 Å². The van der Waals surface area contributed by atoms with E-state index in [1.807, 2.05) is 6.07 Å². The number of anilines is 1. The molecule has 120 valence electrons. The summed E-state index contributed by atoms with van der Waals surface area (Å²) in [6.07, 6.45) is 0. The van der Waals surface area contributed by atoms with E-state index in [9.17, 15) is 9.59 Å². The lowest BCUT2D eigenvalue weighted by molar-refractivity contribution is -0.141. The lowest BCUT2D eigenvalue weighted by Gasteiger charge is -2.34. The van der Waals surface area contributed by atoms with Crippen LogP contribution in [0, 0.1) is 0 Å². The fraction of sp³-hybridized carbons (Fsp3) is 0.467. The van der Waals surface area contributed by atoms with Crippen LogP contribution in [0.1, 0.15) is 0 Å². The van der Waals surface area contributed by atoms with Gasteiger partial charge in [0, 0.05) is 30.9 Å². The summed E-state index contributed by atoms with van der Waals surface area (Å²) in [6.45, 7) is 1.74. The van der Waals surface area contributed by atoms with Gasteiger partial charge in [0.2, 0.25) is 11.8 Å². The monoisotopic (exact) mass is 326 g/mol. The molecule has 2 rings (SSSR count). The van der Waals surface area contributed by atoms with Crippen LogP contribution < -0.4 is 4.90 Å². The number of methoxy groups -OCH3 is 1. The quantitative estimate of drug-likeness (QED) is 0.737. The van der Waals surface area contributed by atoms with Crippen molar-refractivity contribution in [3.8, 4) is 0 Å². The molecule has 0 atom stereocenters. The van der Waals surface area contributed by atoms with Gasteiger partial charge in [-0.15, -0.1) is 0 Å². The molecule has 0 spiro atoms. The number of benzene rings is 1. The summed E-state index contributed by atoms with van der Waals surface area (Å²) >= 11 is 5.94. The highest BCUT2D eigenvalue weighted by molar-refractivity contribution is 6.30. The van der Waals surface area contributed by atoms with Gasteiger partial charge < -0.3 is 19.3 Å². The number of carbonyl (C=O) groups is 2. The molecule has 2 amide bonds. The zero-order valence-electron chi connectivity index (χ0n) is 12.5. The van der Waals surface area contributed by atoms with Gasteiger partial charge in [0.05, 0.1) is 13.2 Å². The van der Waals surface area contributed by atoms with E-state index < -0.39 is 0 Å². The summed E-state index contributed by atoms with van der Waals surface area (Å²) in [4.78, 5) is 27.3. The highest BCUT2D eigenvalue weighted by atomic mass is 35.5. The van der Waals surface area contributed by atoms with E-state index in [0.717, 1.165) is 5.69 Å². The molecule has 0 saturated carbocycles. The number of hydrogen-bond donors (Lipinski definition) is 0. The fourth-order valence-electron chi connectivity index (χ4n) is 2.20. The molecule has 1 aromatic rings. The van der Waals surface area contributed by atoms with E-state index in [0.29, 0.717) is 31.3 Å². The van der Waals surface area contributed by atoms with Gasteiger partial charge in [0.15, 0.2) is 0 Å². The maximum atomic E-state index is 12.2. The maximum absolute atomic E-state index is 12.2. The summed E-state index contributed by atoms with van der Waals surface area (Å²) < 4.78 is 10.0. The Balaban J connectivity index is 1.87. The third kappa shape index (κ3) is 4.43. The third-order valence-electron chi connectivity index (χ3n) is 3.35. The highest BCUT2D eigenvalue weighted by Crippen LogP contribution is 2.21. The summed E-state index contributed by atoms with van der Waals surface area (Å²) in [7, 11) is 1.57. The first-order chi connectivity index (χ1) is 10.6. The Labute approximate surface area is 134 Å². The van der Waals surface area contributed by atoms with E-state index in [2.05, 4.69) is 0 Å². The molecule has 22 heavy (non-hydrogen) atoms. The molecule has 0 radical (unpaired) electrons. The van der Waals surface area contributed by atoms with Crippen molar-refractivity contribution >= 4 is 29.1 Å². The Kier molecular flexibility index (Phi) is 6.18. The van der Waals surface area contributed by atoms with Gasteiger partial charge in [0.25, 0.3) is 0 Å². The SMILES string of the molecule is COCCOCC(=O)N1CCN(c2cccc(Cl)c2)C(=O)C1. The van der Waals surface area contributed by atoms with Crippen LogP contribution in [-0.2, 0) is 19.1 Å². The molecule has 7 heteroatoms. The van der Waals surface area contributed by atoms with Crippen LogP contribution >= 0.6 is 11.6 Å². The Morgan fingerprint density at radius 3 is 2.82 bits per heavy atom. The molecular weight excluding hydrogens is 308 g/mol.